The molecule has 6 heteroatoms. The van der Waals surface area contributed by atoms with Gasteiger partial charge in [0.1, 0.15) is 0 Å². The second-order valence-corrected chi connectivity index (χ2v) is 7.29. The number of benzene rings is 1. The van der Waals surface area contributed by atoms with Crippen LogP contribution < -0.4 is 9.47 Å². The maximum Gasteiger partial charge on any atom is 0.256 e. The van der Waals surface area contributed by atoms with Crippen molar-refractivity contribution in [2.75, 3.05) is 20.8 Å². The first-order valence-corrected chi connectivity index (χ1v) is 9.60. The fraction of sp³-hybridized carbons (Fsp3) is 0.238. The molecule has 1 amide bonds. The van der Waals surface area contributed by atoms with E-state index in [4.69, 9.17) is 9.47 Å². The zero-order valence-corrected chi connectivity index (χ0v) is 16.0. The Morgan fingerprint density at radius 2 is 2.00 bits per heavy atom. The predicted molar refractivity (Wildman–Crippen MR) is 105 cm³/mol. The molecule has 0 aliphatic carbocycles. The highest BCUT2D eigenvalue weighted by molar-refractivity contribution is 7.10. The van der Waals surface area contributed by atoms with Gasteiger partial charge in [-0.25, -0.2) is 0 Å². The van der Waals surface area contributed by atoms with Crippen molar-refractivity contribution < 1.29 is 14.3 Å². The Morgan fingerprint density at radius 3 is 2.67 bits per heavy atom. The van der Waals surface area contributed by atoms with Gasteiger partial charge >= 0.3 is 0 Å². The van der Waals surface area contributed by atoms with Gasteiger partial charge in [-0.1, -0.05) is 6.07 Å². The topological polar surface area (TPSA) is 51.7 Å². The minimum atomic E-state index is -0.152. The average Bonchev–Trinajstić information content (AvgIpc) is 3.26. The van der Waals surface area contributed by atoms with E-state index in [2.05, 4.69) is 11.1 Å². The molecule has 0 radical (unpaired) electrons. The average molecular weight is 380 g/mol. The van der Waals surface area contributed by atoms with E-state index in [-0.39, 0.29) is 11.9 Å². The van der Waals surface area contributed by atoms with E-state index in [1.54, 1.807) is 44.0 Å². The van der Waals surface area contributed by atoms with Crippen molar-refractivity contribution in [1.29, 1.82) is 0 Å². The molecule has 0 saturated heterocycles. The molecule has 0 unspecified atom stereocenters. The molecule has 4 rings (SSSR count). The molecule has 138 valence electrons. The van der Waals surface area contributed by atoms with Gasteiger partial charge in [0.2, 0.25) is 0 Å². The lowest BCUT2D eigenvalue weighted by Gasteiger charge is -2.37. The van der Waals surface area contributed by atoms with E-state index in [0.717, 1.165) is 16.9 Å². The lowest BCUT2D eigenvalue weighted by molar-refractivity contribution is 0.0696. The summed E-state index contributed by atoms with van der Waals surface area (Å²) in [5, 5.41) is 2.04. The smallest absolute Gasteiger partial charge is 0.256 e. The number of methoxy groups -OCH3 is 2. The molecule has 3 aromatic rings. The second-order valence-electron chi connectivity index (χ2n) is 6.31. The van der Waals surface area contributed by atoms with Gasteiger partial charge < -0.3 is 14.4 Å². The Hall–Kier alpha value is -2.86. The van der Waals surface area contributed by atoms with Crippen LogP contribution >= 0.6 is 11.3 Å². The monoisotopic (exact) mass is 380 g/mol. The number of ether oxygens (including phenoxy) is 2. The van der Waals surface area contributed by atoms with Crippen LogP contribution in [0.4, 0.5) is 0 Å². The molecule has 1 aliphatic heterocycles. The Kier molecular flexibility index (Phi) is 4.81. The number of aromatic nitrogens is 1. The first-order valence-electron chi connectivity index (χ1n) is 8.72. The minimum Gasteiger partial charge on any atom is -0.493 e. The van der Waals surface area contributed by atoms with Gasteiger partial charge in [0, 0.05) is 23.8 Å². The highest BCUT2D eigenvalue weighted by Crippen LogP contribution is 2.42. The quantitative estimate of drug-likeness (QED) is 0.688. The highest BCUT2D eigenvalue weighted by Gasteiger charge is 2.34. The van der Waals surface area contributed by atoms with Gasteiger partial charge in [-0.05, 0) is 53.3 Å². The molecule has 0 N–H and O–H groups in total. The first-order chi connectivity index (χ1) is 13.2. The molecule has 1 aliphatic rings. The summed E-state index contributed by atoms with van der Waals surface area (Å²) in [4.78, 5) is 20.4. The molecule has 27 heavy (non-hydrogen) atoms. The second kappa shape index (κ2) is 7.40. The van der Waals surface area contributed by atoms with Crippen LogP contribution in [0, 0.1) is 0 Å². The normalized spacial score (nSPS) is 15.9. The predicted octanol–water partition coefficient (Wildman–Crippen LogP) is 3.95. The number of carbonyl (C=O) groups excluding carboxylic acids is 1. The Bertz CT molecular complexity index is 942. The fourth-order valence-electron chi connectivity index (χ4n) is 3.57. The van der Waals surface area contributed by atoms with Crippen LogP contribution in [0.3, 0.4) is 0 Å². The molecule has 5 nitrogen and oxygen atoms in total. The third-order valence-electron chi connectivity index (χ3n) is 4.86. The van der Waals surface area contributed by atoms with Crippen molar-refractivity contribution in [3.8, 4) is 11.5 Å². The summed E-state index contributed by atoms with van der Waals surface area (Å²) >= 11 is 1.65. The summed E-state index contributed by atoms with van der Waals surface area (Å²) < 4.78 is 11.0. The fourth-order valence-corrected chi connectivity index (χ4v) is 4.43. The number of hydrogen-bond donors (Lipinski definition) is 0. The van der Waals surface area contributed by atoms with Crippen molar-refractivity contribution in [3.63, 3.8) is 0 Å². The van der Waals surface area contributed by atoms with Crippen LogP contribution in [-0.2, 0) is 6.42 Å². The third kappa shape index (κ3) is 3.17. The highest BCUT2D eigenvalue weighted by atomic mass is 32.1. The van der Waals surface area contributed by atoms with Crippen LogP contribution in [0.5, 0.6) is 11.5 Å². The number of thiophene rings is 1. The van der Waals surface area contributed by atoms with E-state index >= 15 is 0 Å². The van der Waals surface area contributed by atoms with E-state index in [0.29, 0.717) is 23.6 Å². The third-order valence-corrected chi connectivity index (χ3v) is 5.78. The minimum absolute atomic E-state index is 0.0121. The molecule has 0 spiro atoms. The lowest BCUT2D eigenvalue weighted by Crippen LogP contribution is -2.40. The number of pyridine rings is 1. The number of amides is 1. The van der Waals surface area contributed by atoms with E-state index in [1.807, 2.05) is 34.5 Å². The van der Waals surface area contributed by atoms with Crippen molar-refractivity contribution in [1.82, 2.24) is 9.88 Å². The lowest BCUT2D eigenvalue weighted by atomic mass is 9.90. The van der Waals surface area contributed by atoms with Gasteiger partial charge in [0.15, 0.2) is 11.5 Å². The summed E-state index contributed by atoms with van der Waals surface area (Å²) in [6.07, 6.45) is 4.07. The maximum atomic E-state index is 13.2. The largest absolute Gasteiger partial charge is 0.493 e. The Labute approximate surface area is 162 Å². The molecule has 1 aromatic carbocycles. The molecule has 1 atom stereocenters. The zero-order valence-electron chi connectivity index (χ0n) is 15.2. The van der Waals surface area contributed by atoms with Crippen LogP contribution in [0.1, 0.15) is 32.4 Å². The first kappa shape index (κ1) is 17.5. The van der Waals surface area contributed by atoms with Crippen molar-refractivity contribution in [3.05, 3.63) is 75.7 Å². The molecular formula is C21H20N2O3S. The maximum absolute atomic E-state index is 13.2. The van der Waals surface area contributed by atoms with Crippen molar-refractivity contribution in [2.45, 2.75) is 12.5 Å². The molecule has 2 aromatic heterocycles. The standard InChI is InChI=1S/C21H20N2O3S/c1-25-17-11-14-7-9-23(21(24)15-5-3-8-22-13-15)20(19-6-4-10-27-19)16(14)12-18(17)26-2/h3-6,8,10-13,20H,7,9H2,1-2H3/t20-/m0/s1. The zero-order chi connectivity index (χ0) is 18.8. The molecule has 3 heterocycles. The van der Waals surface area contributed by atoms with Crippen LogP contribution in [0.2, 0.25) is 0 Å². The van der Waals surface area contributed by atoms with Gasteiger partial charge in [0.25, 0.3) is 5.91 Å². The number of fused-ring (bicyclic) bond motifs is 1. The van der Waals surface area contributed by atoms with Gasteiger partial charge in [-0.15, -0.1) is 11.3 Å². The van der Waals surface area contributed by atoms with E-state index < -0.39 is 0 Å². The summed E-state index contributed by atoms with van der Waals surface area (Å²) in [5.74, 6) is 1.38. The molecule has 0 saturated carbocycles. The number of nitrogens with zero attached hydrogens (tertiary/aromatic N) is 2. The van der Waals surface area contributed by atoms with Crippen molar-refractivity contribution in [2.24, 2.45) is 0 Å². The van der Waals surface area contributed by atoms with Crippen LogP contribution in [-0.4, -0.2) is 36.6 Å². The van der Waals surface area contributed by atoms with E-state index in [1.165, 1.54) is 5.56 Å². The summed E-state index contributed by atoms with van der Waals surface area (Å²) in [6.45, 7) is 0.638. The van der Waals surface area contributed by atoms with Crippen molar-refractivity contribution >= 4 is 17.2 Å². The number of rotatable bonds is 4. The Balaban J connectivity index is 1.82. The summed E-state index contributed by atoms with van der Waals surface area (Å²) in [7, 11) is 3.27. The van der Waals surface area contributed by atoms with Crippen LogP contribution in [0.25, 0.3) is 0 Å². The molecule has 0 bridgehead atoms. The Morgan fingerprint density at radius 1 is 1.19 bits per heavy atom. The van der Waals surface area contributed by atoms with Gasteiger partial charge in [-0.2, -0.15) is 0 Å². The van der Waals surface area contributed by atoms with Gasteiger partial charge in [-0.3, -0.25) is 9.78 Å². The number of hydrogen-bond acceptors (Lipinski definition) is 5. The summed E-state index contributed by atoms with van der Waals surface area (Å²) in [6, 6.07) is 11.6. The number of carbonyl (C=O) groups is 1. The van der Waals surface area contributed by atoms with Crippen LogP contribution in [0.15, 0.2) is 54.2 Å². The summed E-state index contributed by atoms with van der Waals surface area (Å²) in [5.41, 5.74) is 2.86. The van der Waals surface area contributed by atoms with E-state index in [9.17, 15) is 4.79 Å². The van der Waals surface area contributed by atoms with Gasteiger partial charge in [0.05, 0.1) is 25.8 Å². The molecular weight excluding hydrogens is 360 g/mol. The SMILES string of the molecule is COc1cc2c(cc1OC)[C@@H](c1cccs1)N(C(=O)c1cccnc1)CC2. The molecule has 0 fully saturated rings.